The highest BCUT2D eigenvalue weighted by atomic mass is 19.4. The summed E-state index contributed by atoms with van der Waals surface area (Å²) in [5.41, 5.74) is -1.14. The molecule has 110 valence electrons. The van der Waals surface area contributed by atoms with E-state index >= 15 is 0 Å². The van der Waals surface area contributed by atoms with Crippen molar-refractivity contribution in [2.45, 2.75) is 26.1 Å². The van der Waals surface area contributed by atoms with Gasteiger partial charge in [0.05, 0.1) is 23.4 Å². The molecule has 0 saturated heterocycles. The molecular weight excluding hydrogens is 283 g/mol. The number of hydrogen-bond acceptors (Lipinski definition) is 4. The molecule has 1 unspecified atom stereocenters. The van der Waals surface area contributed by atoms with Gasteiger partial charge in [-0.3, -0.25) is 0 Å². The Bertz CT molecular complexity index is 686. The second-order valence-corrected chi connectivity index (χ2v) is 4.55. The van der Waals surface area contributed by atoms with Crippen molar-refractivity contribution in [3.8, 4) is 6.07 Å². The Balaban J connectivity index is 2.27. The van der Waals surface area contributed by atoms with Crippen LogP contribution in [0.2, 0.25) is 0 Å². The Labute approximate surface area is 119 Å². The van der Waals surface area contributed by atoms with Crippen LogP contribution < -0.4 is 5.32 Å². The third-order valence-electron chi connectivity index (χ3n) is 2.84. The van der Waals surface area contributed by atoms with Crippen molar-refractivity contribution in [1.82, 2.24) is 4.98 Å². The zero-order valence-corrected chi connectivity index (χ0v) is 11.3. The summed E-state index contributed by atoms with van der Waals surface area (Å²) in [6.45, 7) is 3.45. The molecule has 2 rings (SSSR count). The molecule has 1 aromatic heterocycles. The van der Waals surface area contributed by atoms with Crippen molar-refractivity contribution in [2.24, 2.45) is 0 Å². The maximum absolute atomic E-state index is 12.9. The Morgan fingerprint density at radius 3 is 2.62 bits per heavy atom. The van der Waals surface area contributed by atoms with E-state index in [-0.39, 0.29) is 5.69 Å². The highest BCUT2D eigenvalue weighted by molar-refractivity contribution is 5.53. The summed E-state index contributed by atoms with van der Waals surface area (Å²) in [4.78, 5) is 4.01. The number of nitrogens with one attached hydrogen (secondary N) is 1. The van der Waals surface area contributed by atoms with E-state index in [2.05, 4.69) is 10.3 Å². The van der Waals surface area contributed by atoms with Gasteiger partial charge in [0.2, 0.25) is 5.89 Å². The van der Waals surface area contributed by atoms with Crippen LogP contribution in [-0.4, -0.2) is 4.98 Å². The van der Waals surface area contributed by atoms with Crippen LogP contribution in [0.3, 0.4) is 0 Å². The van der Waals surface area contributed by atoms with E-state index in [9.17, 15) is 13.2 Å². The predicted octanol–water partition coefficient (Wildman–Crippen LogP) is 4.05. The molecule has 0 amide bonds. The molecule has 0 spiro atoms. The molecule has 4 nitrogen and oxygen atoms in total. The summed E-state index contributed by atoms with van der Waals surface area (Å²) >= 11 is 0. The van der Waals surface area contributed by atoms with E-state index < -0.39 is 23.3 Å². The van der Waals surface area contributed by atoms with Gasteiger partial charge in [-0.1, -0.05) is 0 Å². The molecule has 0 bridgehead atoms. The lowest BCUT2D eigenvalue weighted by Crippen LogP contribution is -2.11. The molecule has 0 radical (unpaired) electrons. The minimum atomic E-state index is -4.58. The quantitative estimate of drug-likeness (QED) is 0.928. The predicted molar refractivity (Wildman–Crippen MR) is 69.4 cm³/mol. The molecule has 1 N–H and O–H groups in total. The highest BCUT2D eigenvalue weighted by Gasteiger charge is 2.34. The largest absolute Gasteiger partial charge is 0.444 e. The summed E-state index contributed by atoms with van der Waals surface area (Å²) in [6, 6.07) is 4.61. The number of rotatable bonds is 3. The summed E-state index contributed by atoms with van der Waals surface area (Å²) in [5, 5.41) is 11.6. The molecule has 1 heterocycles. The van der Waals surface area contributed by atoms with Gasteiger partial charge in [0, 0.05) is 5.69 Å². The van der Waals surface area contributed by atoms with E-state index in [1.54, 1.807) is 13.8 Å². The van der Waals surface area contributed by atoms with E-state index in [1.807, 2.05) is 0 Å². The number of hydrogen-bond donors (Lipinski definition) is 1. The molecule has 1 atom stereocenters. The molecule has 0 aliphatic carbocycles. The number of aromatic nitrogens is 1. The molecule has 1 aromatic carbocycles. The average molecular weight is 295 g/mol. The number of nitrogens with zero attached hydrogens (tertiary/aromatic N) is 2. The maximum atomic E-state index is 12.9. The van der Waals surface area contributed by atoms with Crippen LogP contribution in [0.1, 0.15) is 35.7 Å². The fourth-order valence-electron chi connectivity index (χ4n) is 1.85. The molecular formula is C14H12F3N3O. The first-order valence-electron chi connectivity index (χ1n) is 6.11. The van der Waals surface area contributed by atoms with Crippen molar-refractivity contribution < 1.29 is 17.6 Å². The van der Waals surface area contributed by atoms with Gasteiger partial charge in [0.25, 0.3) is 0 Å². The molecule has 7 heteroatoms. The van der Waals surface area contributed by atoms with Crippen LogP contribution in [0.4, 0.5) is 18.9 Å². The van der Waals surface area contributed by atoms with Gasteiger partial charge in [-0.25, -0.2) is 4.98 Å². The first-order valence-corrected chi connectivity index (χ1v) is 6.11. The highest BCUT2D eigenvalue weighted by Crippen LogP contribution is 2.34. The van der Waals surface area contributed by atoms with E-state index in [4.69, 9.17) is 9.68 Å². The monoisotopic (exact) mass is 295 g/mol. The zero-order chi connectivity index (χ0) is 15.6. The van der Waals surface area contributed by atoms with Crippen molar-refractivity contribution in [3.05, 3.63) is 47.2 Å². The number of benzene rings is 1. The Kier molecular flexibility index (Phi) is 3.89. The normalized spacial score (nSPS) is 12.8. The van der Waals surface area contributed by atoms with Crippen LogP contribution in [0.15, 0.2) is 28.8 Å². The third-order valence-corrected chi connectivity index (χ3v) is 2.84. The molecule has 0 aliphatic rings. The number of oxazole rings is 1. The van der Waals surface area contributed by atoms with Crippen molar-refractivity contribution in [2.75, 3.05) is 5.32 Å². The zero-order valence-electron chi connectivity index (χ0n) is 11.3. The van der Waals surface area contributed by atoms with Crippen molar-refractivity contribution >= 4 is 5.69 Å². The SMILES string of the molecule is Cc1cnc(C(C)Nc2ccc(C#N)c(C(F)(F)F)c2)o1. The second-order valence-electron chi connectivity index (χ2n) is 4.55. The average Bonchev–Trinajstić information content (AvgIpc) is 2.84. The molecule has 0 fully saturated rings. The van der Waals surface area contributed by atoms with Gasteiger partial charge in [0.15, 0.2) is 0 Å². The first-order chi connectivity index (χ1) is 9.81. The minimum Gasteiger partial charge on any atom is -0.444 e. The lowest BCUT2D eigenvalue weighted by atomic mass is 10.1. The van der Waals surface area contributed by atoms with E-state index in [0.717, 1.165) is 12.1 Å². The first kappa shape index (κ1) is 14.9. The van der Waals surface area contributed by atoms with Crippen molar-refractivity contribution in [1.29, 1.82) is 5.26 Å². The molecule has 2 aromatic rings. The number of anilines is 1. The standard InChI is InChI=1S/C14H12F3N3O/c1-8-7-19-13(21-8)9(2)20-11-4-3-10(6-18)12(5-11)14(15,16)17/h3-5,7,9,20H,1-2H3. The fraction of sp³-hybridized carbons (Fsp3) is 0.286. The van der Waals surface area contributed by atoms with E-state index in [1.165, 1.54) is 18.3 Å². The number of halogens is 3. The van der Waals surface area contributed by atoms with Gasteiger partial charge in [-0.05, 0) is 32.0 Å². The van der Waals surface area contributed by atoms with Gasteiger partial charge < -0.3 is 9.73 Å². The molecule has 0 saturated carbocycles. The van der Waals surface area contributed by atoms with Crippen LogP contribution >= 0.6 is 0 Å². The molecule has 0 aliphatic heterocycles. The summed E-state index contributed by atoms with van der Waals surface area (Å²) < 4.78 is 43.9. The van der Waals surface area contributed by atoms with Gasteiger partial charge in [0.1, 0.15) is 11.8 Å². The fourth-order valence-corrected chi connectivity index (χ4v) is 1.85. The minimum absolute atomic E-state index is 0.240. The molecule has 21 heavy (non-hydrogen) atoms. The Morgan fingerprint density at radius 2 is 2.10 bits per heavy atom. The number of alkyl halides is 3. The van der Waals surface area contributed by atoms with Crippen LogP contribution in [0.5, 0.6) is 0 Å². The maximum Gasteiger partial charge on any atom is 0.417 e. The summed E-state index contributed by atoms with van der Waals surface area (Å²) in [7, 11) is 0. The second kappa shape index (κ2) is 5.48. The summed E-state index contributed by atoms with van der Waals surface area (Å²) in [6.07, 6.45) is -3.04. The Morgan fingerprint density at radius 1 is 1.38 bits per heavy atom. The lowest BCUT2D eigenvalue weighted by molar-refractivity contribution is -0.137. The smallest absolute Gasteiger partial charge is 0.417 e. The number of nitriles is 1. The van der Waals surface area contributed by atoms with Crippen LogP contribution in [0, 0.1) is 18.3 Å². The van der Waals surface area contributed by atoms with Crippen LogP contribution in [-0.2, 0) is 6.18 Å². The topological polar surface area (TPSA) is 61.9 Å². The van der Waals surface area contributed by atoms with Gasteiger partial charge in [-0.2, -0.15) is 18.4 Å². The van der Waals surface area contributed by atoms with E-state index in [0.29, 0.717) is 11.7 Å². The summed E-state index contributed by atoms with van der Waals surface area (Å²) in [5.74, 6) is 1.000. The van der Waals surface area contributed by atoms with Gasteiger partial charge >= 0.3 is 6.18 Å². The third kappa shape index (κ3) is 3.34. The van der Waals surface area contributed by atoms with Gasteiger partial charge in [-0.15, -0.1) is 0 Å². The lowest BCUT2D eigenvalue weighted by Gasteiger charge is -2.15. The Hall–Kier alpha value is -2.49. The van der Waals surface area contributed by atoms with Crippen LogP contribution in [0.25, 0.3) is 0 Å². The van der Waals surface area contributed by atoms with Crippen molar-refractivity contribution in [3.63, 3.8) is 0 Å². The number of aryl methyl sites for hydroxylation is 1.